The van der Waals surface area contributed by atoms with Crippen LogP contribution in [-0.4, -0.2) is 22.0 Å². The number of aromatic nitrogens is 3. The van der Waals surface area contributed by atoms with Crippen molar-refractivity contribution in [3.05, 3.63) is 68.7 Å². The molecule has 0 aliphatic rings. The molecule has 0 unspecified atom stereocenters. The summed E-state index contributed by atoms with van der Waals surface area (Å²) in [6, 6.07) is 13.9. The van der Waals surface area contributed by atoms with Crippen LogP contribution in [0.5, 0.6) is 11.5 Å². The molecule has 2 N–H and O–H groups in total. The fourth-order valence-corrected chi connectivity index (χ4v) is 3.51. The predicted octanol–water partition coefficient (Wildman–Crippen LogP) is 4.99. The molecule has 8 heteroatoms. The van der Waals surface area contributed by atoms with E-state index in [-0.39, 0.29) is 0 Å². The van der Waals surface area contributed by atoms with Crippen molar-refractivity contribution < 1.29 is 9.47 Å². The minimum atomic E-state index is 0.451. The smallest absolute Gasteiger partial charge is 0.214 e. The Labute approximate surface area is 178 Å². The average Bonchev–Trinajstić information content (AvgIpc) is 3.06. The number of benzene rings is 2. The minimum absolute atomic E-state index is 0.451. The third-order valence-corrected chi connectivity index (χ3v) is 5.26. The highest BCUT2D eigenvalue weighted by Crippen LogP contribution is 2.37. The highest BCUT2D eigenvalue weighted by molar-refractivity contribution is 9.10. The zero-order chi connectivity index (χ0) is 19.9. The first-order chi connectivity index (χ1) is 13.6. The number of halogens is 1. The molecule has 0 fully saturated rings. The number of methoxy groups -OCH3 is 1. The maximum Gasteiger partial charge on any atom is 0.214 e. The monoisotopic (exact) mass is 462 g/mol. The van der Waals surface area contributed by atoms with Gasteiger partial charge in [-0.1, -0.05) is 53.2 Å². The molecule has 0 aliphatic heterocycles. The summed E-state index contributed by atoms with van der Waals surface area (Å²) >= 11 is 8.98. The van der Waals surface area contributed by atoms with Crippen LogP contribution < -0.4 is 14.9 Å². The van der Waals surface area contributed by atoms with Crippen molar-refractivity contribution in [2.45, 2.75) is 32.9 Å². The fourth-order valence-electron chi connectivity index (χ4n) is 2.84. The lowest BCUT2D eigenvalue weighted by molar-refractivity contribution is 0.281. The highest BCUT2D eigenvalue weighted by Gasteiger charge is 2.16. The Morgan fingerprint density at radius 1 is 1.21 bits per heavy atom. The molecule has 0 amide bonds. The normalized spacial score (nSPS) is 10.7. The van der Waals surface area contributed by atoms with Gasteiger partial charge in [0.15, 0.2) is 17.3 Å². The first-order valence-corrected chi connectivity index (χ1v) is 10.3. The third kappa shape index (κ3) is 4.74. The number of hydrogen-bond donors (Lipinski definition) is 2. The lowest BCUT2D eigenvalue weighted by Crippen LogP contribution is -2.18. The van der Waals surface area contributed by atoms with Gasteiger partial charge in [0.25, 0.3) is 0 Å². The molecule has 0 saturated heterocycles. The molecule has 0 aliphatic carbocycles. The van der Waals surface area contributed by atoms with Crippen LogP contribution in [0.1, 0.15) is 30.3 Å². The standard InChI is InChI=1S/C20H23BrN4O2S/c1-3-7-18-23-24-20(28)25(18)22-12-15-16(21)10-11-17(26-2)19(15)27-13-14-8-5-4-6-9-14/h4-6,8-11,22H,3,7,12-13H2,1-2H3,(H,24,28). The second-order valence-electron chi connectivity index (χ2n) is 6.20. The molecule has 0 bridgehead atoms. The van der Waals surface area contributed by atoms with E-state index in [1.807, 2.05) is 47.1 Å². The van der Waals surface area contributed by atoms with Crippen LogP contribution in [0.2, 0.25) is 0 Å². The lowest BCUT2D eigenvalue weighted by Gasteiger charge is -2.18. The summed E-state index contributed by atoms with van der Waals surface area (Å²) in [7, 11) is 1.64. The van der Waals surface area contributed by atoms with Crippen molar-refractivity contribution in [3.63, 3.8) is 0 Å². The lowest BCUT2D eigenvalue weighted by atomic mass is 10.2. The number of nitrogens with zero attached hydrogens (tertiary/aromatic N) is 2. The van der Waals surface area contributed by atoms with Crippen molar-refractivity contribution in [2.24, 2.45) is 0 Å². The summed E-state index contributed by atoms with van der Waals surface area (Å²) in [4.78, 5) is 0. The summed E-state index contributed by atoms with van der Waals surface area (Å²) < 4.78 is 15.0. The zero-order valence-corrected chi connectivity index (χ0v) is 18.3. The molecule has 6 nitrogen and oxygen atoms in total. The maximum atomic E-state index is 6.15. The molecular weight excluding hydrogens is 440 g/mol. The summed E-state index contributed by atoms with van der Waals surface area (Å²) in [5.74, 6) is 2.25. The van der Waals surface area contributed by atoms with Crippen LogP contribution >= 0.6 is 28.1 Å². The van der Waals surface area contributed by atoms with Gasteiger partial charge < -0.3 is 14.9 Å². The number of aromatic amines is 1. The van der Waals surface area contributed by atoms with Gasteiger partial charge in [0.05, 0.1) is 13.7 Å². The van der Waals surface area contributed by atoms with Crippen molar-refractivity contribution >= 4 is 28.1 Å². The van der Waals surface area contributed by atoms with Crippen LogP contribution in [-0.2, 0) is 19.6 Å². The quantitative estimate of drug-likeness (QED) is 0.438. The molecule has 148 valence electrons. The van der Waals surface area contributed by atoms with E-state index >= 15 is 0 Å². The van der Waals surface area contributed by atoms with Crippen LogP contribution in [0, 0.1) is 4.77 Å². The number of H-pyrrole nitrogens is 1. The molecule has 0 radical (unpaired) electrons. The molecule has 0 spiro atoms. The summed E-state index contributed by atoms with van der Waals surface area (Å²) in [5, 5.41) is 7.13. The van der Waals surface area contributed by atoms with Crippen molar-refractivity contribution in [1.29, 1.82) is 0 Å². The van der Waals surface area contributed by atoms with Gasteiger partial charge in [0, 0.05) is 16.5 Å². The van der Waals surface area contributed by atoms with Crippen molar-refractivity contribution in [2.75, 3.05) is 12.5 Å². The molecular formula is C20H23BrN4O2S. The molecule has 3 rings (SSSR count). The van der Waals surface area contributed by atoms with Crippen LogP contribution in [0.25, 0.3) is 0 Å². The highest BCUT2D eigenvalue weighted by atomic mass is 79.9. The van der Waals surface area contributed by atoms with Gasteiger partial charge in [-0.25, -0.2) is 4.68 Å². The van der Waals surface area contributed by atoms with E-state index in [9.17, 15) is 0 Å². The number of hydrogen-bond acceptors (Lipinski definition) is 5. The van der Waals surface area contributed by atoms with Crippen LogP contribution in [0.4, 0.5) is 0 Å². The first kappa shape index (κ1) is 20.4. The Morgan fingerprint density at radius 3 is 2.71 bits per heavy atom. The van der Waals surface area contributed by atoms with Crippen LogP contribution in [0.15, 0.2) is 46.9 Å². The third-order valence-electron chi connectivity index (χ3n) is 4.24. The Balaban J connectivity index is 1.85. The van der Waals surface area contributed by atoms with Gasteiger partial charge in [0.1, 0.15) is 6.61 Å². The van der Waals surface area contributed by atoms with E-state index in [1.165, 1.54) is 0 Å². The molecule has 1 heterocycles. The van der Waals surface area contributed by atoms with Gasteiger partial charge in [-0.15, -0.1) is 0 Å². The topological polar surface area (TPSA) is 64.1 Å². The molecule has 1 aromatic heterocycles. The number of ether oxygens (including phenoxy) is 2. The van der Waals surface area contributed by atoms with Gasteiger partial charge in [-0.2, -0.15) is 5.10 Å². The van der Waals surface area contributed by atoms with Gasteiger partial charge in [-0.05, 0) is 36.3 Å². The average molecular weight is 463 g/mol. The van der Waals surface area contributed by atoms with E-state index in [4.69, 9.17) is 21.7 Å². The fraction of sp³-hybridized carbons (Fsp3) is 0.300. The largest absolute Gasteiger partial charge is 0.493 e. The number of aryl methyl sites for hydroxylation is 1. The second-order valence-corrected chi connectivity index (χ2v) is 7.44. The van der Waals surface area contributed by atoms with E-state index in [1.54, 1.807) is 7.11 Å². The van der Waals surface area contributed by atoms with Crippen molar-refractivity contribution in [1.82, 2.24) is 14.9 Å². The molecule has 3 aromatic rings. The molecule has 0 atom stereocenters. The Morgan fingerprint density at radius 2 is 2.00 bits per heavy atom. The second kappa shape index (κ2) is 9.75. The van der Waals surface area contributed by atoms with Crippen molar-refractivity contribution in [3.8, 4) is 11.5 Å². The SMILES string of the molecule is CCCc1n[nH]c(=S)n1NCc1c(Br)ccc(OC)c1OCc1ccccc1. The Bertz CT molecular complexity index is 972. The molecule has 0 saturated carbocycles. The Hall–Kier alpha value is -2.32. The maximum absolute atomic E-state index is 6.15. The predicted molar refractivity (Wildman–Crippen MR) is 116 cm³/mol. The molecule has 28 heavy (non-hydrogen) atoms. The zero-order valence-electron chi connectivity index (χ0n) is 15.9. The van der Waals surface area contributed by atoms with E-state index in [2.05, 4.69) is 38.5 Å². The molecule has 2 aromatic carbocycles. The Kier molecular flexibility index (Phi) is 7.11. The minimum Gasteiger partial charge on any atom is -0.493 e. The first-order valence-electron chi connectivity index (χ1n) is 9.06. The summed E-state index contributed by atoms with van der Waals surface area (Å²) in [6.07, 6.45) is 1.81. The van der Waals surface area contributed by atoms with E-state index in [0.29, 0.717) is 29.4 Å². The van der Waals surface area contributed by atoms with E-state index < -0.39 is 0 Å². The van der Waals surface area contributed by atoms with Gasteiger partial charge in [-0.3, -0.25) is 5.10 Å². The van der Waals surface area contributed by atoms with E-state index in [0.717, 1.165) is 34.3 Å². The van der Waals surface area contributed by atoms with Gasteiger partial charge >= 0.3 is 0 Å². The van der Waals surface area contributed by atoms with Gasteiger partial charge in [0.2, 0.25) is 4.77 Å². The summed E-state index contributed by atoms with van der Waals surface area (Å²) in [5.41, 5.74) is 5.38. The van der Waals surface area contributed by atoms with Crippen LogP contribution in [0.3, 0.4) is 0 Å². The number of nitrogens with one attached hydrogen (secondary N) is 2. The summed E-state index contributed by atoms with van der Waals surface area (Å²) in [6.45, 7) is 3.05. The number of rotatable bonds is 9.